The molecule has 0 aliphatic rings. The monoisotopic (exact) mass is 278 g/mol. The average Bonchev–Trinajstić information content (AvgIpc) is 2.43. The number of aliphatic carboxylic acids is 1. The molecule has 0 aliphatic carbocycles. The van der Waals surface area contributed by atoms with Crippen molar-refractivity contribution in [1.29, 1.82) is 0 Å². The van der Waals surface area contributed by atoms with Crippen LogP contribution in [0.4, 0.5) is 5.69 Å². The third-order valence-electron chi connectivity index (χ3n) is 4.03. The van der Waals surface area contributed by atoms with Gasteiger partial charge in [0.15, 0.2) is 0 Å². The van der Waals surface area contributed by atoms with Gasteiger partial charge in [0, 0.05) is 19.3 Å². The summed E-state index contributed by atoms with van der Waals surface area (Å²) in [6, 6.07) is 8.34. The third kappa shape index (κ3) is 3.97. The highest BCUT2D eigenvalue weighted by Gasteiger charge is 2.34. The Morgan fingerprint density at radius 2 is 2.15 bits per heavy atom. The summed E-state index contributed by atoms with van der Waals surface area (Å²) >= 11 is 0. The highest BCUT2D eigenvalue weighted by atomic mass is 16.4. The molecule has 4 heteroatoms. The predicted molar refractivity (Wildman–Crippen MR) is 83.4 cm³/mol. The minimum atomic E-state index is -0.798. The molecule has 0 aliphatic heterocycles. The van der Waals surface area contributed by atoms with E-state index in [4.69, 9.17) is 0 Å². The number of rotatable bonds is 8. The fourth-order valence-corrected chi connectivity index (χ4v) is 2.46. The van der Waals surface area contributed by atoms with Gasteiger partial charge in [-0.05, 0) is 50.9 Å². The number of carboxylic acids is 1. The van der Waals surface area contributed by atoms with Gasteiger partial charge in [-0.2, -0.15) is 0 Å². The maximum Gasteiger partial charge on any atom is 0.323 e. The van der Waals surface area contributed by atoms with E-state index in [-0.39, 0.29) is 0 Å². The molecule has 1 rings (SSSR count). The molecule has 0 bridgehead atoms. The van der Waals surface area contributed by atoms with Gasteiger partial charge in [-0.25, -0.2) is 0 Å². The van der Waals surface area contributed by atoms with Gasteiger partial charge in [0.2, 0.25) is 0 Å². The SMILES string of the molecule is CCC(CCCN(C)c1cccc(C)c1)(NC)C(=O)O. The summed E-state index contributed by atoms with van der Waals surface area (Å²) < 4.78 is 0. The van der Waals surface area contributed by atoms with Gasteiger partial charge in [0.25, 0.3) is 0 Å². The van der Waals surface area contributed by atoms with E-state index in [1.54, 1.807) is 7.05 Å². The van der Waals surface area contributed by atoms with Crippen LogP contribution in [-0.2, 0) is 4.79 Å². The van der Waals surface area contributed by atoms with Gasteiger partial charge in [-0.3, -0.25) is 4.79 Å². The van der Waals surface area contributed by atoms with Crippen LogP contribution in [0.25, 0.3) is 0 Å². The third-order valence-corrected chi connectivity index (χ3v) is 4.03. The maximum atomic E-state index is 11.4. The van der Waals surface area contributed by atoms with Gasteiger partial charge < -0.3 is 15.3 Å². The lowest BCUT2D eigenvalue weighted by Crippen LogP contribution is -2.50. The van der Waals surface area contributed by atoms with E-state index in [0.717, 1.165) is 13.0 Å². The van der Waals surface area contributed by atoms with E-state index >= 15 is 0 Å². The Labute approximate surface area is 121 Å². The second-order valence-electron chi connectivity index (χ2n) is 5.35. The first-order valence-corrected chi connectivity index (χ1v) is 7.15. The van der Waals surface area contributed by atoms with E-state index in [1.165, 1.54) is 11.3 Å². The Hall–Kier alpha value is -1.55. The van der Waals surface area contributed by atoms with Crippen LogP contribution in [0.2, 0.25) is 0 Å². The Kier molecular flexibility index (Phi) is 6.02. The molecule has 112 valence electrons. The van der Waals surface area contributed by atoms with Crippen molar-refractivity contribution in [3.63, 3.8) is 0 Å². The fraction of sp³-hybridized carbons (Fsp3) is 0.562. The number of anilines is 1. The molecule has 0 saturated carbocycles. The minimum Gasteiger partial charge on any atom is -0.480 e. The van der Waals surface area contributed by atoms with Crippen molar-refractivity contribution < 1.29 is 9.90 Å². The first kappa shape index (κ1) is 16.5. The van der Waals surface area contributed by atoms with Gasteiger partial charge in [-0.15, -0.1) is 0 Å². The Balaban J connectivity index is 2.57. The van der Waals surface area contributed by atoms with E-state index in [0.29, 0.717) is 12.8 Å². The van der Waals surface area contributed by atoms with E-state index < -0.39 is 11.5 Å². The lowest BCUT2D eigenvalue weighted by molar-refractivity contribution is -0.145. The van der Waals surface area contributed by atoms with E-state index in [2.05, 4.69) is 35.3 Å². The van der Waals surface area contributed by atoms with Crippen LogP contribution >= 0.6 is 0 Å². The molecule has 1 aromatic carbocycles. The fourth-order valence-electron chi connectivity index (χ4n) is 2.46. The average molecular weight is 278 g/mol. The first-order chi connectivity index (χ1) is 9.45. The van der Waals surface area contributed by atoms with Crippen molar-refractivity contribution in [3.05, 3.63) is 29.8 Å². The number of nitrogens with zero attached hydrogens (tertiary/aromatic N) is 1. The normalized spacial score (nSPS) is 13.8. The van der Waals surface area contributed by atoms with Crippen molar-refractivity contribution in [2.45, 2.75) is 38.6 Å². The molecule has 0 heterocycles. The molecule has 20 heavy (non-hydrogen) atoms. The Bertz CT molecular complexity index is 442. The summed E-state index contributed by atoms with van der Waals surface area (Å²) in [4.78, 5) is 13.6. The highest BCUT2D eigenvalue weighted by Crippen LogP contribution is 2.20. The summed E-state index contributed by atoms with van der Waals surface area (Å²) in [5.74, 6) is -0.763. The van der Waals surface area contributed by atoms with Gasteiger partial charge in [-0.1, -0.05) is 19.1 Å². The zero-order chi connectivity index (χ0) is 15.2. The Morgan fingerprint density at radius 1 is 1.45 bits per heavy atom. The molecule has 0 radical (unpaired) electrons. The zero-order valence-corrected chi connectivity index (χ0v) is 12.9. The summed E-state index contributed by atoms with van der Waals surface area (Å²) in [6.07, 6.45) is 2.06. The van der Waals surface area contributed by atoms with E-state index in [1.807, 2.05) is 20.0 Å². The Morgan fingerprint density at radius 3 is 2.65 bits per heavy atom. The number of carbonyl (C=O) groups is 1. The van der Waals surface area contributed by atoms with Crippen LogP contribution in [0.15, 0.2) is 24.3 Å². The standard InChI is InChI=1S/C16H26N2O2/c1-5-16(17-3,15(19)20)10-7-11-18(4)14-9-6-8-13(2)12-14/h6,8-9,12,17H,5,7,10-11H2,1-4H3,(H,19,20). The van der Waals surface area contributed by atoms with Gasteiger partial charge in [0.05, 0.1) is 0 Å². The summed E-state index contributed by atoms with van der Waals surface area (Å²) in [5, 5.41) is 12.3. The van der Waals surface area contributed by atoms with Crippen LogP contribution in [0.5, 0.6) is 0 Å². The predicted octanol–water partition coefficient (Wildman–Crippen LogP) is 2.66. The largest absolute Gasteiger partial charge is 0.480 e. The van der Waals surface area contributed by atoms with Crippen molar-refractivity contribution in [2.24, 2.45) is 0 Å². The number of hydrogen-bond acceptors (Lipinski definition) is 3. The van der Waals surface area contributed by atoms with Crippen molar-refractivity contribution in [3.8, 4) is 0 Å². The number of benzene rings is 1. The maximum absolute atomic E-state index is 11.4. The minimum absolute atomic E-state index is 0.590. The van der Waals surface area contributed by atoms with Crippen LogP contribution < -0.4 is 10.2 Å². The first-order valence-electron chi connectivity index (χ1n) is 7.15. The van der Waals surface area contributed by atoms with Crippen molar-refractivity contribution >= 4 is 11.7 Å². The molecule has 0 amide bonds. The summed E-state index contributed by atoms with van der Waals surface area (Å²) in [6.45, 7) is 4.83. The lowest BCUT2D eigenvalue weighted by atomic mass is 9.90. The van der Waals surface area contributed by atoms with E-state index in [9.17, 15) is 9.90 Å². The molecule has 1 unspecified atom stereocenters. The lowest BCUT2D eigenvalue weighted by Gasteiger charge is -2.29. The molecule has 0 saturated heterocycles. The van der Waals surface area contributed by atoms with Crippen LogP contribution in [-0.4, -0.2) is 37.3 Å². The molecule has 1 aromatic rings. The molecule has 0 spiro atoms. The van der Waals surface area contributed by atoms with Crippen LogP contribution in [0.1, 0.15) is 31.7 Å². The zero-order valence-electron chi connectivity index (χ0n) is 12.9. The topological polar surface area (TPSA) is 52.6 Å². The summed E-state index contributed by atoms with van der Waals surface area (Å²) in [5.41, 5.74) is 1.61. The van der Waals surface area contributed by atoms with Crippen molar-refractivity contribution in [2.75, 3.05) is 25.5 Å². The smallest absolute Gasteiger partial charge is 0.323 e. The number of aryl methyl sites for hydroxylation is 1. The highest BCUT2D eigenvalue weighted by molar-refractivity contribution is 5.78. The molecular weight excluding hydrogens is 252 g/mol. The molecule has 0 aromatic heterocycles. The quantitative estimate of drug-likeness (QED) is 0.767. The molecule has 0 fully saturated rings. The van der Waals surface area contributed by atoms with Crippen molar-refractivity contribution in [1.82, 2.24) is 5.32 Å². The van der Waals surface area contributed by atoms with Crippen LogP contribution in [0.3, 0.4) is 0 Å². The second kappa shape index (κ2) is 7.29. The number of likely N-dealkylation sites (N-methyl/N-ethyl adjacent to an activating group) is 1. The number of hydrogen-bond donors (Lipinski definition) is 2. The number of carboxylic acid groups (broad SMARTS) is 1. The molecule has 2 N–H and O–H groups in total. The molecule has 4 nitrogen and oxygen atoms in total. The van der Waals surface area contributed by atoms with Gasteiger partial charge in [0.1, 0.15) is 5.54 Å². The van der Waals surface area contributed by atoms with Gasteiger partial charge >= 0.3 is 5.97 Å². The summed E-state index contributed by atoms with van der Waals surface area (Å²) in [7, 11) is 3.77. The van der Waals surface area contributed by atoms with Crippen LogP contribution in [0, 0.1) is 6.92 Å². The molecular formula is C16H26N2O2. The number of nitrogens with one attached hydrogen (secondary N) is 1. The molecule has 1 atom stereocenters. The second-order valence-corrected chi connectivity index (χ2v) is 5.35.